The molecule has 0 saturated heterocycles. The minimum Gasteiger partial charge on any atom is -0.309 e. The highest BCUT2D eigenvalue weighted by Crippen LogP contribution is 2.65. The zero-order chi connectivity index (χ0) is 21.4. The van der Waals surface area contributed by atoms with Crippen molar-refractivity contribution in [1.82, 2.24) is 4.57 Å². The molecule has 7 rings (SSSR count). The van der Waals surface area contributed by atoms with Crippen LogP contribution >= 0.6 is 0 Å². The van der Waals surface area contributed by atoms with Crippen molar-refractivity contribution < 1.29 is 0 Å². The van der Waals surface area contributed by atoms with Crippen molar-refractivity contribution in [3.63, 3.8) is 0 Å². The van der Waals surface area contributed by atoms with Crippen molar-refractivity contribution in [3.8, 4) is 16.9 Å². The van der Waals surface area contributed by atoms with Crippen molar-refractivity contribution in [3.05, 3.63) is 108 Å². The second kappa shape index (κ2) is 6.46. The van der Waals surface area contributed by atoms with E-state index < -0.39 is 0 Å². The van der Waals surface area contributed by atoms with Gasteiger partial charge in [-0.25, -0.2) is 0 Å². The summed E-state index contributed by atoms with van der Waals surface area (Å²) < 4.78 is 2.53. The molecule has 2 unspecified atom stereocenters. The van der Waals surface area contributed by atoms with E-state index in [2.05, 4.69) is 109 Å². The van der Waals surface area contributed by atoms with Gasteiger partial charge in [0.1, 0.15) is 0 Å². The molecular formula is C31H25N. The summed E-state index contributed by atoms with van der Waals surface area (Å²) in [6.45, 7) is 4.28. The quantitative estimate of drug-likeness (QED) is 0.274. The van der Waals surface area contributed by atoms with Gasteiger partial charge in [0.05, 0.1) is 11.2 Å². The minimum absolute atomic E-state index is 0.648. The summed E-state index contributed by atoms with van der Waals surface area (Å²) in [5, 5.41) is 4.12. The second-order valence-electron chi connectivity index (χ2n) is 9.33. The zero-order valence-corrected chi connectivity index (χ0v) is 18.5. The fraction of sp³-hybridized carbons (Fsp3) is 0.161. The van der Waals surface area contributed by atoms with E-state index in [9.17, 15) is 0 Å². The lowest BCUT2D eigenvalue weighted by molar-refractivity contribution is 0.992. The van der Waals surface area contributed by atoms with Gasteiger partial charge in [-0.15, -0.1) is 0 Å². The SMILES string of the molecule is C/C=C(\C)c1ccc(-n2c3c(c4ccccc42)C2CC2c2ccc4ccccc4c2-3)cc1. The van der Waals surface area contributed by atoms with Crippen molar-refractivity contribution in [2.75, 3.05) is 0 Å². The number of hydrogen-bond acceptors (Lipinski definition) is 0. The van der Waals surface area contributed by atoms with Gasteiger partial charge in [-0.1, -0.05) is 72.8 Å². The molecule has 4 aromatic carbocycles. The van der Waals surface area contributed by atoms with Gasteiger partial charge in [-0.3, -0.25) is 0 Å². The lowest BCUT2D eigenvalue weighted by atomic mass is 9.85. The van der Waals surface area contributed by atoms with E-state index in [4.69, 9.17) is 0 Å². The first-order valence-corrected chi connectivity index (χ1v) is 11.7. The largest absolute Gasteiger partial charge is 0.309 e. The number of fused-ring (bicyclic) bond motifs is 10. The lowest BCUT2D eigenvalue weighted by Gasteiger charge is -2.22. The number of benzene rings is 4. The minimum atomic E-state index is 0.648. The van der Waals surface area contributed by atoms with Gasteiger partial charge >= 0.3 is 0 Å². The number of hydrogen-bond donors (Lipinski definition) is 0. The van der Waals surface area contributed by atoms with Crippen LogP contribution in [-0.2, 0) is 0 Å². The third kappa shape index (κ3) is 2.34. The number of rotatable bonds is 2. The van der Waals surface area contributed by atoms with Crippen LogP contribution in [0.3, 0.4) is 0 Å². The van der Waals surface area contributed by atoms with Crippen LogP contribution in [0.4, 0.5) is 0 Å². The molecule has 2 aliphatic carbocycles. The maximum Gasteiger partial charge on any atom is 0.0585 e. The third-order valence-electron chi connectivity index (χ3n) is 7.69. The van der Waals surface area contributed by atoms with Gasteiger partial charge in [0.15, 0.2) is 0 Å². The summed E-state index contributed by atoms with van der Waals surface area (Å²) in [4.78, 5) is 0. The normalized spacial score (nSPS) is 19.0. The smallest absolute Gasteiger partial charge is 0.0585 e. The molecule has 0 aliphatic heterocycles. The molecule has 0 bridgehead atoms. The van der Waals surface area contributed by atoms with Crippen LogP contribution in [0, 0.1) is 0 Å². The summed E-state index contributed by atoms with van der Waals surface area (Å²) >= 11 is 0. The summed E-state index contributed by atoms with van der Waals surface area (Å²) in [6.07, 6.45) is 3.45. The number of para-hydroxylation sites is 1. The first-order chi connectivity index (χ1) is 15.8. The molecule has 0 amide bonds. The highest BCUT2D eigenvalue weighted by Gasteiger charge is 2.48. The Hall–Kier alpha value is -3.58. The molecule has 1 saturated carbocycles. The van der Waals surface area contributed by atoms with E-state index in [1.165, 1.54) is 61.7 Å². The zero-order valence-electron chi connectivity index (χ0n) is 18.5. The monoisotopic (exact) mass is 411 g/mol. The van der Waals surface area contributed by atoms with Crippen LogP contribution in [0.15, 0.2) is 91.0 Å². The summed E-state index contributed by atoms with van der Waals surface area (Å²) in [6, 6.07) is 31.7. The van der Waals surface area contributed by atoms with Gasteiger partial charge in [0.2, 0.25) is 0 Å². The fourth-order valence-corrected chi connectivity index (χ4v) is 5.91. The van der Waals surface area contributed by atoms with Crippen LogP contribution in [0.1, 0.15) is 48.8 Å². The Labute approximate surface area is 188 Å². The Morgan fingerprint density at radius 1 is 0.812 bits per heavy atom. The summed E-state index contributed by atoms with van der Waals surface area (Å²) in [5.41, 5.74) is 11.1. The van der Waals surface area contributed by atoms with Crippen LogP contribution < -0.4 is 0 Å². The predicted octanol–water partition coefficient (Wildman–Crippen LogP) is 8.46. The molecule has 2 atom stereocenters. The van der Waals surface area contributed by atoms with Gasteiger partial charge < -0.3 is 4.57 Å². The van der Waals surface area contributed by atoms with Crippen LogP contribution in [-0.4, -0.2) is 4.57 Å². The van der Waals surface area contributed by atoms with Crippen LogP contribution in [0.25, 0.3) is 44.2 Å². The van der Waals surface area contributed by atoms with Gasteiger partial charge in [-0.2, -0.15) is 0 Å². The second-order valence-corrected chi connectivity index (χ2v) is 9.33. The van der Waals surface area contributed by atoms with E-state index in [0.29, 0.717) is 11.8 Å². The molecule has 0 radical (unpaired) electrons. The average Bonchev–Trinajstić information content (AvgIpc) is 3.58. The van der Waals surface area contributed by atoms with Crippen LogP contribution in [0.5, 0.6) is 0 Å². The van der Waals surface area contributed by atoms with Gasteiger partial charge in [-0.05, 0) is 83.3 Å². The van der Waals surface area contributed by atoms with E-state index in [1.54, 1.807) is 5.56 Å². The Morgan fingerprint density at radius 3 is 2.38 bits per heavy atom. The number of nitrogens with zero attached hydrogens (tertiary/aromatic N) is 1. The van der Waals surface area contributed by atoms with Crippen molar-refractivity contribution >= 4 is 27.2 Å². The first-order valence-electron chi connectivity index (χ1n) is 11.7. The summed E-state index contributed by atoms with van der Waals surface area (Å²) in [5.74, 6) is 1.32. The molecule has 0 N–H and O–H groups in total. The van der Waals surface area contributed by atoms with E-state index in [0.717, 1.165) is 0 Å². The third-order valence-corrected chi connectivity index (χ3v) is 7.69. The highest BCUT2D eigenvalue weighted by molar-refractivity contribution is 6.05. The van der Waals surface area contributed by atoms with E-state index in [1.807, 2.05) is 0 Å². The molecule has 1 heterocycles. The molecule has 154 valence electrons. The average molecular weight is 412 g/mol. The maximum absolute atomic E-state index is 2.53. The molecule has 5 aromatic rings. The Balaban J connectivity index is 1.60. The number of allylic oxidation sites excluding steroid dienone is 2. The molecule has 1 nitrogen and oxygen atoms in total. The standard InChI is InChI=1S/C31H25N/c1-3-19(2)20-12-15-22(16-13-20)32-28-11-7-6-10-25(28)30-27-18-26(27)24-17-14-21-8-4-5-9-23(21)29(24)31(30)32/h3-17,26-27H,18H2,1-2H3/b19-3+. The molecular weight excluding hydrogens is 386 g/mol. The highest BCUT2D eigenvalue weighted by atomic mass is 15.0. The topological polar surface area (TPSA) is 4.93 Å². The predicted molar refractivity (Wildman–Crippen MR) is 136 cm³/mol. The fourth-order valence-electron chi connectivity index (χ4n) is 5.91. The molecule has 1 heteroatoms. The van der Waals surface area contributed by atoms with Gasteiger partial charge in [0.25, 0.3) is 0 Å². The maximum atomic E-state index is 2.53. The first kappa shape index (κ1) is 18.0. The van der Waals surface area contributed by atoms with E-state index >= 15 is 0 Å². The summed E-state index contributed by atoms with van der Waals surface area (Å²) in [7, 11) is 0. The number of aromatic nitrogens is 1. The molecule has 1 aromatic heterocycles. The van der Waals surface area contributed by atoms with Gasteiger partial charge in [0, 0.05) is 16.6 Å². The lowest BCUT2D eigenvalue weighted by Crippen LogP contribution is -2.04. The van der Waals surface area contributed by atoms with Crippen molar-refractivity contribution in [2.45, 2.75) is 32.1 Å². The Kier molecular flexibility index (Phi) is 3.64. The molecule has 32 heavy (non-hydrogen) atoms. The molecule has 0 spiro atoms. The Morgan fingerprint density at radius 2 is 1.56 bits per heavy atom. The molecule has 1 fully saturated rings. The van der Waals surface area contributed by atoms with Crippen molar-refractivity contribution in [1.29, 1.82) is 0 Å². The van der Waals surface area contributed by atoms with E-state index in [-0.39, 0.29) is 0 Å². The van der Waals surface area contributed by atoms with Crippen molar-refractivity contribution in [2.24, 2.45) is 0 Å². The Bertz CT molecular complexity index is 1560. The molecule has 2 aliphatic rings. The van der Waals surface area contributed by atoms with Crippen LogP contribution in [0.2, 0.25) is 0 Å².